The highest BCUT2D eigenvalue weighted by molar-refractivity contribution is 7.89. The second-order valence-corrected chi connectivity index (χ2v) is 7.98. The van der Waals surface area contributed by atoms with Gasteiger partial charge in [0.05, 0.1) is 22.7 Å². The third-order valence-corrected chi connectivity index (χ3v) is 4.96. The molecule has 1 aliphatic heterocycles. The van der Waals surface area contributed by atoms with Gasteiger partial charge in [-0.1, -0.05) is 0 Å². The van der Waals surface area contributed by atoms with Gasteiger partial charge in [0.25, 0.3) is 5.91 Å². The maximum absolute atomic E-state index is 11.6. The van der Waals surface area contributed by atoms with Crippen LogP contribution in [0.15, 0.2) is 23.1 Å². The Hall–Kier alpha value is -1.68. The first-order valence-electron chi connectivity index (χ1n) is 8.25. The fourth-order valence-corrected chi connectivity index (χ4v) is 3.59. The summed E-state index contributed by atoms with van der Waals surface area (Å²) in [6, 6.07) is 4.07. The Kier molecular flexibility index (Phi) is 6.39. The largest absolute Gasteiger partial charge is 0.384 e. The van der Waals surface area contributed by atoms with Crippen molar-refractivity contribution in [3.8, 4) is 0 Å². The van der Waals surface area contributed by atoms with E-state index in [1.165, 1.54) is 18.2 Å². The number of morpholine rings is 1. The lowest BCUT2D eigenvalue weighted by atomic mass is 10.1. The molecule has 1 heterocycles. The van der Waals surface area contributed by atoms with Gasteiger partial charge in [-0.3, -0.25) is 9.69 Å². The number of rotatable bonds is 7. The first kappa shape index (κ1) is 19.6. The molecule has 0 radical (unpaired) electrons. The van der Waals surface area contributed by atoms with Gasteiger partial charge in [0, 0.05) is 31.9 Å². The number of hydrogen-bond acceptors (Lipinski definition) is 6. The molecule has 0 aliphatic carbocycles. The SMILES string of the molecule is C[C@@H]1CN(CCCNc2ccc(S(N)(=O)=O)cc2C(N)=O)C[C@H](C)O1. The van der Waals surface area contributed by atoms with E-state index >= 15 is 0 Å². The van der Waals surface area contributed by atoms with Crippen LogP contribution in [-0.4, -0.2) is 57.6 Å². The fourth-order valence-electron chi connectivity index (χ4n) is 3.05. The Morgan fingerprint density at radius 3 is 2.52 bits per heavy atom. The summed E-state index contributed by atoms with van der Waals surface area (Å²) in [6.07, 6.45) is 1.32. The molecule has 5 N–H and O–H groups in total. The molecule has 1 fully saturated rings. The lowest BCUT2D eigenvalue weighted by molar-refractivity contribution is -0.0678. The summed E-state index contributed by atoms with van der Waals surface area (Å²) in [5.74, 6) is -0.705. The van der Waals surface area contributed by atoms with E-state index in [0.717, 1.165) is 26.1 Å². The number of nitrogens with one attached hydrogen (secondary N) is 1. The van der Waals surface area contributed by atoms with E-state index in [-0.39, 0.29) is 22.7 Å². The second kappa shape index (κ2) is 8.13. The standard InChI is InChI=1S/C16H26N4O4S/c1-11-9-20(10-12(2)24-11)7-3-6-19-15-5-4-13(25(18,22)23)8-14(15)16(17)21/h4-5,8,11-12,19H,3,6-7,9-10H2,1-2H3,(H2,17,21)(H2,18,22,23)/t11-,12+. The molecule has 9 heteroatoms. The van der Waals surface area contributed by atoms with Crippen molar-refractivity contribution in [1.82, 2.24) is 4.90 Å². The van der Waals surface area contributed by atoms with Crippen LogP contribution in [0.25, 0.3) is 0 Å². The fraction of sp³-hybridized carbons (Fsp3) is 0.562. The average Bonchev–Trinajstić information content (AvgIpc) is 2.49. The highest BCUT2D eigenvalue weighted by Crippen LogP contribution is 2.20. The van der Waals surface area contributed by atoms with E-state index in [4.69, 9.17) is 15.6 Å². The monoisotopic (exact) mass is 370 g/mol. The molecule has 140 valence electrons. The zero-order valence-electron chi connectivity index (χ0n) is 14.6. The average molecular weight is 370 g/mol. The molecule has 1 aromatic carbocycles. The number of amides is 1. The molecule has 2 rings (SSSR count). The summed E-state index contributed by atoms with van der Waals surface area (Å²) >= 11 is 0. The summed E-state index contributed by atoms with van der Waals surface area (Å²) in [7, 11) is -3.88. The van der Waals surface area contributed by atoms with Crippen LogP contribution in [0.2, 0.25) is 0 Å². The summed E-state index contributed by atoms with van der Waals surface area (Å²) < 4.78 is 28.5. The Bertz CT molecular complexity index is 713. The minimum atomic E-state index is -3.88. The summed E-state index contributed by atoms with van der Waals surface area (Å²) in [5.41, 5.74) is 5.96. The minimum absolute atomic E-state index is 0.111. The van der Waals surface area contributed by atoms with Crippen LogP contribution in [-0.2, 0) is 14.8 Å². The zero-order valence-corrected chi connectivity index (χ0v) is 15.4. The number of nitrogens with two attached hydrogens (primary N) is 2. The number of anilines is 1. The van der Waals surface area contributed by atoms with Gasteiger partial charge in [-0.05, 0) is 38.5 Å². The van der Waals surface area contributed by atoms with Crippen molar-refractivity contribution < 1.29 is 17.9 Å². The van der Waals surface area contributed by atoms with Crippen LogP contribution in [0.3, 0.4) is 0 Å². The third kappa shape index (κ3) is 5.67. The number of nitrogens with zero attached hydrogens (tertiary/aromatic N) is 1. The number of carbonyl (C=O) groups is 1. The molecule has 1 aliphatic rings. The summed E-state index contributed by atoms with van der Waals surface area (Å²) in [4.78, 5) is 13.8. The van der Waals surface area contributed by atoms with Crippen molar-refractivity contribution in [2.24, 2.45) is 10.9 Å². The van der Waals surface area contributed by atoms with Gasteiger partial charge < -0.3 is 15.8 Å². The quantitative estimate of drug-likeness (QED) is 0.594. The maximum atomic E-state index is 11.6. The van der Waals surface area contributed by atoms with Crippen molar-refractivity contribution in [2.45, 2.75) is 37.4 Å². The van der Waals surface area contributed by atoms with Crippen LogP contribution >= 0.6 is 0 Å². The van der Waals surface area contributed by atoms with Crippen molar-refractivity contribution in [2.75, 3.05) is 31.5 Å². The van der Waals surface area contributed by atoms with Crippen LogP contribution < -0.4 is 16.2 Å². The first-order valence-corrected chi connectivity index (χ1v) is 9.80. The van der Waals surface area contributed by atoms with Crippen LogP contribution in [0.4, 0.5) is 5.69 Å². The predicted octanol–water partition coefficient (Wildman–Crippen LogP) is 0.344. The Morgan fingerprint density at radius 2 is 1.96 bits per heavy atom. The van der Waals surface area contributed by atoms with Gasteiger partial charge in [-0.2, -0.15) is 0 Å². The molecule has 8 nitrogen and oxygen atoms in total. The van der Waals surface area contributed by atoms with E-state index in [9.17, 15) is 13.2 Å². The molecule has 0 bridgehead atoms. The van der Waals surface area contributed by atoms with Crippen molar-refractivity contribution in [3.05, 3.63) is 23.8 Å². The molecular weight excluding hydrogens is 344 g/mol. The number of benzene rings is 1. The smallest absolute Gasteiger partial charge is 0.250 e. The van der Waals surface area contributed by atoms with E-state index in [2.05, 4.69) is 24.1 Å². The molecule has 1 amide bonds. The summed E-state index contributed by atoms with van der Waals surface area (Å²) in [5, 5.41) is 8.23. The molecular formula is C16H26N4O4S. The van der Waals surface area contributed by atoms with Gasteiger partial charge in [0.2, 0.25) is 10.0 Å². The number of hydrogen-bond donors (Lipinski definition) is 3. The number of sulfonamides is 1. The highest BCUT2D eigenvalue weighted by Gasteiger charge is 2.21. The molecule has 1 saturated heterocycles. The lowest BCUT2D eigenvalue weighted by Crippen LogP contribution is -2.45. The normalized spacial score (nSPS) is 21.9. The topological polar surface area (TPSA) is 128 Å². The molecule has 0 aromatic heterocycles. The van der Waals surface area contributed by atoms with Gasteiger partial charge in [-0.15, -0.1) is 0 Å². The minimum Gasteiger partial charge on any atom is -0.384 e. The molecule has 0 saturated carbocycles. The predicted molar refractivity (Wildman–Crippen MR) is 95.9 cm³/mol. The number of primary amides is 1. The molecule has 2 atom stereocenters. The highest BCUT2D eigenvalue weighted by atomic mass is 32.2. The molecule has 1 aromatic rings. The van der Waals surface area contributed by atoms with Crippen LogP contribution in [0, 0.1) is 0 Å². The van der Waals surface area contributed by atoms with Gasteiger partial charge in [0.1, 0.15) is 0 Å². The summed E-state index contributed by atoms with van der Waals surface area (Å²) in [6.45, 7) is 7.47. The van der Waals surface area contributed by atoms with Crippen molar-refractivity contribution in [1.29, 1.82) is 0 Å². The van der Waals surface area contributed by atoms with Crippen molar-refractivity contribution in [3.63, 3.8) is 0 Å². The Morgan fingerprint density at radius 1 is 1.32 bits per heavy atom. The van der Waals surface area contributed by atoms with E-state index in [1.807, 2.05) is 0 Å². The van der Waals surface area contributed by atoms with Crippen LogP contribution in [0.5, 0.6) is 0 Å². The van der Waals surface area contributed by atoms with E-state index in [0.29, 0.717) is 12.2 Å². The maximum Gasteiger partial charge on any atom is 0.250 e. The molecule has 0 unspecified atom stereocenters. The molecule has 0 spiro atoms. The Balaban J connectivity index is 1.93. The van der Waals surface area contributed by atoms with E-state index in [1.54, 1.807) is 0 Å². The first-order chi connectivity index (χ1) is 11.7. The zero-order chi connectivity index (χ0) is 18.6. The van der Waals surface area contributed by atoms with Gasteiger partial charge in [0.15, 0.2) is 0 Å². The second-order valence-electron chi connectivity index (χ2n) is 6.41. The third-order valence-electron chi connectivity index (χ3n) is 4.05. The van der Waals surface area contributed by atoms with E-state index < -0.39 is 15.9 Å². The van der Waals surface area contributed by atoms with Gasteiger partial charge >= 0.3 is 0 Å². The van der Waals surface area contributed by atoms with Crippen molar-refractivity contribution >= 4 is 21.6 Å². The Labute approximate surface area is 148 Å². The molecule has 25 heavy (non-hydrogen) atoms. The number of ether oxygens (including phenoxy) is 1. The van der Waals surface area contributed by atoms with Gasteiger partial charge in [-0.25, -0.2) is 13.6 Å². The lowest BCUT2D eigenvalue weighted by Gasteiger charge is -2.35. The number of carbonyl (C=O) groups excluding carboxylic acids is 1. The number of primary sulfonamides is 1. The van der Waals surface area contributed by atoms with Crippen LogP contribution in [0.1, 0.15) is 30.6 Å².